The highest BCUT2D eigenvalue weighted by Crippen LogP contribution is 2.33. The van der Waals surface area contributed by atoms with E-state index in [4.69, 9.17) is 9.98 Å². The van der Waals surface area contributed by atoms with Crippen molar-refractivity contribution in [2.24, 2.45) is 9.98 Å². The van der Waals surface area contributed by atoms with E-state index >= 15 is 0 Å². The molecular weight excluding hydrogens is 444 g/mol. The Balaban J connectivity index is 1.40. The van der Waals surface area contributed by atoms with Gasteiger partial charge in [0.15, 0.2) is 0 Å². The second-order valence-electron chi connectivity index (χ2n) is 8.73. The number of nitrogens with one attached hydrogen (secondary N) is 4. The zero-order valence-corrected chi connectivity index (χ0v) is 19.3. The van der Waals surface area contributed by atoms with Gasteiger partial charge in [-0.05, 0) is 59.7 Å². The van der Waals surface area contributed by atoms with Crippen molar-refractivity contribution in [1.29, 1.82) is 0 Å². The summed E-state index contributed by atoms with van der Waals surface area (Å²) in [7, 11) is 0. The van der Waals surface area contributed by atoms with Crippen LogP contribution in [0, 0.1) is 0 Å². The van der Waals surface area contributed by atoms with E-state index in [-0.39, 0.29) is 0 Å². The predicted octanol–water partition coefficient (Wildman–Crippen LogP) is 6.34. The first kappa shape index (κ1) is 20.3. The van der Waals surface area contributed by atoms with E-state index in [0.717, 1.165) is 68.4 Å². The van der Waals surface area contributed by atoms with Gasteiger partial charge in [0, 0.05) is 22.5 Å². The number of aliphatic imine (C=N–C) groups is 2. The van der Waals surface area contributed by atoms with Gasteiger partial charge in [0.05, 0.1) is 11.4 Å². The van der Waals surface area contributed by atoms with Gasteiger partial charge >= 0.3 is 0 Å². The first-order valence-electron chi connectivity index (χ1n) is 11.9. The first-order chi connectivity index (χ1) is 17.8. The standard InChI is InChI=1S/C30H22N6/c1-3-7-19(8-4-1)29-21-11-15-25(31-21)35-27-17-13-23(33-27)30(20-9-5-2-6-10-20)24-14-18-28(34-24)36-26-16-12-22(29)32-26/h1-18H,(H2,31,33,35)(H2,32,34,36). The molecule has 0 radical (unpaired) electrons. The Hall–Kier alpha value is -5.10. The zero-order chi connectivity index (χ0) is 23.9. The molecule has 6 heteroatoms. The number of H-pyrrole nitrogens is 2. The molecule has 0 saturated heterocycles. The predicted molar refractivity (Wildman–Crippen MR) is 147 cm³/mol. The molecule has 0 saturated carbocycles. The van der Waals surface area contributed by atoms with Crippen LogP contribution in [0.5, 0.6) is 0 Å². The summed E-state index contributed by atoms with van der Waals surface area (Å²) in [4.78, 5) is 16.9. The van der Waals surface area contributed by atoms with Gasteiger partial charge in [-0.15, -0.1) is 0 Å². The van der Waals surface area contributed by atoms with Crippen LogP contribution >= 0.6 is 0 Å². The van der Waals surface area contributed by atoms with Crippen molar-refractivity contribution in [3.63, 3.8) is 0 Å². The molecule has 2 aromatic heterocycles. The lowest BCUT2D eigenvalue weighted by Gasteiger charge is -2.10. The van der Waals surface area contributed by atoms with Crippen LogP contribution in [0.25, 0.3) is 11.1 Å². The molecule has 5 heterocycles. The monoisotopic (exact) mass is 466 g/mol. The van der Waals surface area contributed by atoms with Gasteiger partial charge in [-0.1, -0.05) is 60.7 Å². The molecule has 2 aromatic carbocycles. The molecule has 6 nitrogen and oxygen atoms in total. The molecule has 0 aliphatic carbocycles. The van der Waals surface area contributed by atoms with Crippen molar-refractivity contribution in [3.05, 3.63) is 143 Å². The lowest BCUT2D eigenvalue weighted by molar-refractivity contribution is 1.29. The maximum atomic E-state index is 4.93. The highest BCUT2D eigenvalue weighted by atomic mass is 15.1. The van der Waals surface area contributed by atoms with E-state index < -0.39 is 0 Å². The minimum atomic E-state index is 0.777. The topological polar surface area (TPSA) is 80.4 Å². The highest BCUT2D eigenvalue weighted by molar-refractivity contribution is 6.09. The Morgan fingerprint density at radius 3 is 1.33 bits per heavy atom. The number of hydrogen-bond donors (Lipinski definition) is 4. The zero-order valence-electron chi connectivity index (χ0n) is 19.3. The van der Waals surface area contributed by atoms with Gasteiger partial charge in [-0.3, -0.25) is 0 Å². The van der Waals surface area contributed by atoms with Crippen LogP contribution < -0.4 is 10.6 Å². The average molecular weight is 467 g/mol. The maximum Gasteiger partial charge on any atom is 0.132 e. The summed E-state index contributed by atoms with van der Waals surface area (Å²) in [5.74, 6) is 3.28. The van der Waals surface area contributed by atoms with Gasteiger partial charge in [0.25, 0.3) is 0 Å². The first-order valence-corrected chi connectivity index (χ1v) is 11.9. The van der Waals surface area contributed by atoms with E-state index in [1.165, 1.54) is 0 Å². The smallest absolute Gasteiger partial charge is 0.132 e. The summed E-state index contributed by atoms with van der Waals surface area (Å²) in [5, 5.41) is 6.87. The Labute approximate surface area is 208 Å². The molecule has 4 N–H and O–H groups in total. The second kappa shape index (κ2) is 8.29. The van der Waals surface area contributed by atoms with Gasteiger partial charge in [-0.25, -0.2) is 9.98 Å². The lowest BCUT2D eigenvalue weighted by atomic mass is 10.0. The third kappa shape index (κ3) is 3.61. The molecule has 0 amide bonds. The molecule has 0 fully saturated rings. The molecule has 7 rings (SSSR count). The van der Waals surface area contributed by atoms with Crippen LogP contribution in [0.2, 0.25) is 0 Å². The molecule has 36 heavy (non-hydrogen) atoms. The van der Waals surface area contributed by atoms with E-state index in [1.54, 1.807) is 0 Å². The van der Waals surface area contributed by atoms with Gasteiger partial charge < -0.3 is 20.6 Å². The third-order valence-corrected chi connectivity index (χ3v) is 6.35. The minimum Gasteiger partial charge on any atom is -0.341 e. The minimum absolute atomic E-state index is 0.777. The van der Waals surface area contributed by atoms with Crippen molar-refractivity contribution in [2.45, 2.75) is 0 Å². The number of rotatable bonds is 2. The normalized spacial score (nSPS) is 16.1. The molecule has 172 valence electrons. The summed E-state index contributed by atoms with van der Waals surface area (Å²) in [6.45, 7) is 0. The molecule has 3 aliphatic heterocycles. The Morgan fingerprint density at radius 1 is 0.444 bits per heavy atom. The summed E-state index contributed by atoms with van der Waals surface area (Å²) in [6, 6.07) is 28.9. The molecule has 0 spiro atoms. The maximum absolute atomic E-state index is 4.93. The number of benzene rings is 2. The Bertz CT molecular complexity index is 1530. The van der Waals surface area contributed by atoms with Crippen molar-refractivity contribution in [2.75, 3.05) is 10.6 Å². The van der Waals surface area contributed by atoms with Crippen LogP contribution in [0.4, 0.5) is 11.6 Å². The quantitative estimate of drug-likeness (QED) is 0.278. The number of amidine groups is 2. The number of hydrogen-bond acceptors (Lipinski definition) is 4. The average Bonchev–Trinajstić information content (AvgIpc) is 3.72. The molecule has 0 unspecified atom stereocenters. The SMILES string of the molecule is C1=CC2=C(c3ccccc3)c3ccc([nH]3)NC3=NC(=C(c4ccccc4)c4ccc([nH]4)NC1=N2)C=C3. The van der Waals surface area contributed by atoms with E-state index in [2.05, 4.69) is 57.0 Å². The van der Waals surface area contributed by atoms with Crippen LogP contribution in [0.15, 0.2) is 131 Å². The Kier molecular flexibility index (Phi) is 4.67. The van der Waals surface area contributed by atoms with Crippen LogP contribution in [0.3, 0.4) is 0 Å². The number of aromatic nitrogens is 2. The molecule has 0 atom stereocenters. The van der Waals surface area contributed by atoms with Gasteiger partial charge in [-0.2, -0.15) is 0 Å². The van der Waals surface area contributed by atoms with Crippen molar-refractivity contribution in [1.82, 2.24) is 9.97 Å². The molecular formula is C30H22N6. The number of aromatic amines is 2. The summed E-state index contributed by atoms with van der Waals surface area (Å²) in [6.07, 6.45) is 8.11. The van der Waals surface area contributed by atoms with Crippen molar-refractivity contribution >= 4 is 34.5 Å². The second-order valence-corrected chi connectivity index (χ2v) is 8.73. The fourth-order valence-corrected chi connectivity index (χ4v) is 4.74. The Morgan fingerprint density at radius 2 is 0.889 bits per heavy atom. The fourth-order valence-electron chi connectivity index (χ4n) is 4.74. The summed E-state index contributed by atoms with van der Waals surface area (Å²) < 4.78 is 0. The number of fused-ring (bicyclic) bond motifs is 6. The third-order valence-electron chi connectivity index (χ3n) is 6.35. The number of allylic oxidation sites excluding steroid dienone is 2. The van der Waals surface area contributed by atoms with Crippen molar-refractivity contribution in [3.8, 4) is 0 Å². The van der Waals surface area contributed by atoms with Crippen molar-refractivity contribution < 1.29 is 0 Å². The fraction of sp³-hybridized carbons (Fsp3) is 0. The van der Waals surface area contributed by atoms with Gasteiger partial charge in [0.2, 0.25) is 0 Å². The molecule has 4 aromatic rings. The van der Waals surface area contributed by atoms with Crippen LogP contribution in [-0.2, 0) is 0 Å². The summed E-state index contributed by atoms with van der Waals surface area (Å²) in [5.41, 5.74) is 7.99. The lowest BCUT2D eigenvalue weighted by Crippen LogP contribution is -2.08. The van der Waals surface area contributed by atoms with E-state index in [0.29, 0.717) is 0 Å². The largest absolute Gasteiger partial charge is 0.341 e. The van der Waals surface area contributed by atoms with Gasteiger partial charge in [0.1, 0.15) is 23.3 Å². The van der Waals surface area contributed by atoms with E-state index in [9.17, 15) is 0 Å². The van der Waals surface area contributed by atoms with Crippen LogP contribution in [0.1, 0.15) is 22.5 Å². The molecule has 3 aliphatic rings. The highest BCUT2D eigenvalue weighted by Gasteiger charge is 2.19. The number of nitrogens with zero attached hydrogens (tertiary/aromatic N) is 2. The number of anilines is 2. The molecule has 8 bridgehead atoms. The summed E-state index contributed by atoms with van der Waals surface area (Å²) >= 11 is 0. The van der Waals surface area contributed by atoms with E-state index in [1.807, 2.05) is 72.8 Å². The van der Waals surface area contributed by atoms with Crippen LogP contribution in [-0.4, -0.2) is 21.6 Å².